The van der Waals surface area contributed by atoms with Crippen LogP contribution in [-0.4, -0.2) is 35.1 Å². The van der Waals surface area contributed by atoms with Crippen LogP contribution in [0.25, 0.3) is 10.1 Å². The summed E-state index contributed by atoms with van der Waals surface area (Å²) in [5.41, 5.74) is 2.55. The quantitative estimate of drug-likeness (QED) is 0.428. The smallest absolute Gasteiger partial charge is 0.251 e. The first-order chi connectivity index (χ1) is 16.6. The van der Waals surface area contributed by atoms with Crippen molar-refractivity contribution in [1.29, 1.82) is 0 Å². The van der Waals surface area contributed by atoms with Crippen molar-refractivity contribution in [3.63, 3.8) is 0 Å². The number of amides is 1. The van der Waals surface area contributed by atoms with Crippen molar-refractivity contribution in [3.05, 3.63) is 106 Å². The maximum absolute atomic E-state index is 12.9. The van der Waals surface area contributed by atoms with E-state index in [9.17, 15) is 9.90 Å². The summed E-state index contributed by atoms with van der Waals surface area (Å²) in [6, 6.07) is 28.0. The number of aliphatic hydroxyl groups is 1. The Hall–Kier alpha value is -2.99. The van der Waals surface area contributed by atoms with Gasteiger partial charge >= 0.3 is 0 Å². The van der Waals surface area contributed by atoms with Crippen LogP contribution >= 0.6 is 11.3 Å². The highest BCUT2D eigenvalue weighted by Gasteiger charge is 2.52. The molecule has 1 saturated heterocycles. The average Bonchev–Trinajstić information content (AvgIpc) is 3.39. The second-order valence-corrected chi connectivity index (χ2v) is 10.7. The average molecular weight is 469 g/mol. The number of benzene rings is 3. The predicted octanol–water partition coefficient (Wildman–Crippen LogP) is 5.28. The third-order valence-corrected chi connectivity index (χ3v) is 8.74. The topological polar surface area (TPSA) is 52.6 Å². The zero-order valence-electron chi connectivity index (χ0n) is 19.0. The van der Waals surface area contributed by atoms with E-state index < -0.39 is 12.1 Å². The number of nitrogens with zero attached hydrogens (tertiary/aromatic N) is 1. The molecule has 1 aliphatic carbocycles. The van der Waals surface area contributed by atoms with Gasteiger partial charge in [-0.1, -0.05) is 60.7 Å². The van der Waals surface area contributed by atoms with E-state index in [2.05, 4.69) is 58.7 Å². The molecule has 4 nitrogen and oxygen atoms in total. The summed E-state index contributed by atoms with van der Waals surface area (Å²) in [5, 5.41) is 16.1. The Morgan fingerprint density at radius 3 is 2.47 bits per heavy atom. The number of aliphatic hydroxyl groups excluding tert-OH is 1. The maximum Gasteiger partial charge on any atom is 0.251 e. The Labute approximate surface area is 203 Å². The molecule has 3 aromatic carbocycles. The molecule has 0 bridgehead atoms. The van der Waals surface area contributed by atoms with Gasteiger partial charge in [0.25, 0.3) is 5.91 Å². The number of hydrogen-bond donors (Lipinski definition) is 2. The molecular weight excluding hydrogens is 440 g/mol. The van der Waals surface area contributed by atoms with Gasteiger partial charge in [-0.25, -0.2) is 0 Å². The number of thiophene rings is 1. The van der Waals surface area contributed by atoms with Crippen molar-refractivity contribution < 1.29 is 9.90 Å². The molecule has 5 heteroatoms. The Balaban J connectivity index is 1.21. The highest BCUT2D eigenvalue weighted by molar-refractivity contribution is 7.19. The van der Waals surface area contributed by atoms with Crippen LogP contribution in [0.15, 0.2) is 84.9 Å². The summed E-state index contributed by atoms with van der Waals surface area (Å²) in [6.45, 7) is 2.80. The first-order valence-corrected chi connectivity index (χ1v) is 12.8. The van der Waals surface area contributed by atoms with Crippen molar-refractivity contribution in [2.24, 2.45) is 0 Å². The number of likely N-dealkylation sites (tertiary alicyclic amines) is 1. The van der Waals surface area contributed by atoms with Crippen LogP contribution in [0.4, 0.5) is 0 Å². The molecule has 1 aromatic heterocycles. The number of hydrogen-bond acceptors (Lipinski definition) is 4. The SMILES string of the molecule is O=C(N[C@@H]1c2ccccc2C2(CCN(Cc3cc4ccccc4s3)CC2)[C@H]1O)c1ccccc1. The number of carbonyl (C=O) groups excluding carboxylic acids is 1. The molecule has 1 spiro atoms. The Morgan fingerprint density at radius 2 is 1.68 bits per heavy atom. The first-order valence-electron chi connectivity index (χ1n) is 12.0. The van der Waals surface area contributed by atoms with Gasteiger partial charge in [-0.05, 0) is 66.7 Å². The van der Waals surface area contributed by atoms with Crippen molar-refractivity contribution in [3.8, 4) is 0 Å². The summed E-state index contributed by atoms with van der Waals surface area (Å²) in [7, 11) is 0. The maximum atomic E-state index is 12.9. The standard InChI is InChI=1S/C29H28N2O2S/c32-27-26(30-28(33)20-8-2-1-3-9-20)23-11-5-6-12-24(23)29(27)14-16-31(17-15-29)19-22-18-21-10-4-7-13-25(21)34-22/h1-13,18,26-27,32H,14-17,19H2,(H,30,33)/t26-,27+/m1/s1. The highest BCUT2D eigenvalue weighted by atomic mass is 32.1. The van der Waals surface area contributed by atoms with Crippen LogP contribution in [0.3, 0.4) is 0 Å². The summed E-state index contributed by atoms with van der Waals surface area (Å²) in [6.07, 6.45) is 1.13. The van der Waals surface area contributed by atoms with E-state index in [4.69, 9.17) is 0 Å². The van der Waals surface area contributed by atoms with Crippen molar-refractivity contribution in [2.45, 2.75) is 36.9 Å². The fourth-order valence-electron chi connectivity index (χ4n) is 5.85. The Kier molecular flexibility index (Phi) is 5.48. The molecule has 172 valence electrons. The summed E-state index contributed by atoms with van der Waals surface area (Å²) < 4.78 is 1.34. The fourth-order valence-corrected chi connectivity index (χ4v) is 6.96. The van der Waals surface area contributed by atoms with Crippen LogP contribution in [-0.2, 0) is 12.0 Å². The van der Waals surface area contributed by atoms with E-state index in [1.54, 1.807) is 0 Å². The molecule has 34 heavy (non-hydrogen) atoms. The van der Waals surface area contributed by atoms with Crippen LogP contribution in [0.2, 0.25) is 0 Å². The Bertz CT molecular complexity index is 1290. The molecule has 2 N–H and O–H groups in total. The number of carbonyl (C=O) groups is 1. The molecule has 4 aromatic rings. The lowest BCUT2D eigenvalue weighted by atomic mass is 9.72. The van der Waals surface area contributed by atoms with Gasteiger partial charge in [0.1, 0.15) is 0 Å². The lowest BCUT2D eigenvalue weighted by Crippen LogP contribution is -2.49. The molecule has 1 fully saturated rings. The Morgan fingerprint density at radius 1 is 0.971 bits per heavy atom. The minimum atomic E-state index is -0.635. The van der Waals surface area contributed by atoms with Gasteiger partial charge in [0, 0.05) is 27.1 Å². The molecule has 6 rings (SSSR count). The highest BCUT2D eigenvalue weighted by Crippen LogP contribution is 2.51. The largest absolute Gasteiger partial charge is 0.390 e. The summed E-state index contributed by atoms with van der Waals surface area (Å²) in [5.74, 6) is -0.140. The van der Waals surface area contributed by atoms with E-state index in [-0.39, 0.29) is 11.3 Å². The normalized spacial score (nSPS) is 21.6. The third kappa shape index (κ3) is 3.65. The first kappa shape index (κ1) is 21.5. The lowest BCUT2D eigenvalue weighted by molar-refractivity contribution is 0.0194. The monoisotopic (exact) mass is 468 g/mol. The van der Waals surface area contributed by atoms with E-state index in [0.717, 1.165) is 38.0 Å². The number of fused-ring (bicyclic) bond motifs is 3. The minimum Gasteiger partial charge on any atom is -0.390 e. The number of rotatable bonds is 4. The molecule has 0 unspecified atom stereocenters. The van der Waals surface area contributed by atoms with Gasteiger partial charge in [0.15, 0.2) is 0 Å². The fraction of sp³-hybridized carbons (Fsp3) is 0.276. The van der Waals surface area contributed by atoms with Crippen molar-refractivity contribution >= 4 is 27.3 Å². The molecule has 0 saturated carbocycles. The van der Waals surface area contributed by atoms with Gasteiger partial charge in [-0.15, -0.1) is 11.3 Å². The van der Waals surface area contributed by atoms with Crippen LogP contribution in [0.5, 0.6) is 0 Å². The zero-order valence-corrected chi connectivity index (χ0v) is 19.8. The minimum absolute atomic E-state index is 0.140. The van der Waals surface area contributed by atoms with Gasteiger partial charge in [-0.3, -0.25) is 9.69 Å². The van der Waals surface area contributed by atoms with Gasteiger partial charge in [0.05, 0.1) is 12.1 Å². The van der Waals surface area contributed by atoms with E-state index in [0.29, 0.717) is 5.56 Å². The van der Waals surface area contributed by atoms with Crippen LogP contribution in [0.1, 0.15) is 45.2 Å². The summed E-state index contributed by atoms with van der Waals surface area (Å²) in [4.78, 5) is 16.8. The predicted molar refractivity (Wildman–Crippen MR) is 137 cm³/mol. The lowest BCUT2D eigenvalue weighted by Gasteiger charge is -2.42. The van der Waals surface area contributed by atoms with Gasteiger partial charge in [0.2, 0.25) is 0 Å². The second-order valence-electron chi connectivity index (χ2n) is 9.53. The van der Waals surface area contributed by atoms with Crippen LogP contribution < -0.4 is 5.32 Å². The second kappa shape index (κ2) is 8.66. The molecule has 2 aliphatic rings. The van der Waals surface area contributed by atoms with E-state index >= 15 is 0 Å². The molecule has 2 atom stereocenters. The molecular formula is C29H28N2O2S. The molecule has 1 amide bonds. The van der Waals surface area contributed by atoms with Gasteiger partial charge in [-0.2, -0.15) is 0 Å². The van der Waals surface area contributed by atoms with E-state index in [1.807, 2.05) is 47.7 Å². The molecule has 0 radical (unpaired) electrons. The summed E-state index contributed by atoms with van der Waals surface area (Å²) >= 11 is 1.87. The number of nitrogens with one attached hydrogen (secondary N) is 1. The van der Waals surface area contributed by atoms with E-state index in [1.165, 1.54) is 20.5 Å². The van der Waals surface area contributed by atoms with Crippen molar-refractivity contribution in [1.82, 2.24) is 10.2 Å². The van der Waals surface area contributed by atoms with Crippen LogP contribution in [0, 0.1) is 0 Å². The van der Waals surface area contributed by atoms with Crippen molar-refractivity contribution in [2.75, 3.05) is 13.1 Å². The third-order valence-electron chi connectivity index (χ3n) is 7.64. The van der Waals surface area contributed by atoms with Gasteiger partial charge < -0.3 is 10.4 Å². The molecule has 1 aliphatic heterocycles. The zero-order chi connectivity index (χ0) is 23.1. The molecule has 2 heterocycles. The number of piperidine rings is 1.